The number of rotatable bonds is 16. The van der Waals surface area contributed by atoms with Crippen molar-refractivity contribution in [2.45, 2.75) is 0 Å². The summed E-state index contributed by atoms with van der Waals surface area (Å²) in [5.41, 5.74) is 0. The molecule has 12 saturated heterocycles. The van der Waals surface area contributed by atoms with E-state index >= 15 is 0 Å². The molecule has 0 unspecified atom stereocenters. The van der Waals surface area contributed by atoms with Crippen molar-refractivity contribution in [2.24, 2.45) is 18.1 Å². The van der Waals surface area contributed by atoms with Gasteiger partial charge in [0, 0.05) is 0 Å². The van der Waals surface area contributed by atoms with Crippen molar-refractivity contribution >= 4 is 37.9 Å². The fourth-order valence-corrected chi connectivity index (χ4v) is 41.3. The van der Waals surface area contributed by atoms with Gasteiger partial charge in [-0.1, -0.05) is 0 Å². The van der Waals surface area contributed by atoms with Crippen molar-refractivity contribution in [3.63, 3.8) is 0 Å². The van der Waals surface area contributed by atoms with Crippen LogP contribution in [0.4, 0.5) is 0 Å². The monoisotopic (exact) mass is 1240 g/mol. The van der Waals surface area contributed by atoms with Crippen LogP contribution in [-0.2, 0) is 56.8 Å². The average Bonchev–Trinajstić information content (AvgIpc) is 3.68. The molecule has 0 N–H and O–H groups in total. The molecule has 0 bridgehead atoms. The minimum atomic E-state index is -4.64. The normalized spacial score (nSPS) is 29.3. The molecule has 0 saturated carbocycles. The van der Waals surface area contributed by atoms with Crippen molar-refractivity contribution in [1.29, 1.82) is 0 Å². The molecule has 12 aliphatic heterocycles. The summed E-state index contributed by atoms with van der Waals surface area (Å²) in [4.78, 5) is 0. The van der Waals surface area contributed by atoms with Crippen LogP contribution in [0.25, 0.3) is 0 Å². The summed E-state index contributed by atoms with van der Waals surface area (Å²) in [5.74, 6) is 0. The Balaban J connectivity index is 1.34. The Bertz CT molecular complexity index is 1680. The van der Waals surface area contributed by atoms with Crippen LogP contribution < -0.4 is 0 Å². The number of ether oxygens (including phenoxy) is 12. The molecular weight excluding hydrogens is 1150 g/mol. The van der Waals surface area contributed by atoms with E-state index in [1.165, 1.54) is 0 Å². The molecule has 0 aliphatic carbocycles. The molecular formula is C48H97N16O12P5. The quantitative estimate of drug-likeness (QED) is 0.204. The van der Waals surface area contributed by atoms with E-state index in [1.807, 2.05) is 0 Å². The SMILES string of the molecule is C1CN(P(=N[PH](N=P(N2CCOCC2)(N2CCOCC2)N2CCOCC2)(N=P(N2CCOCC2)(N2CCOCC2)N2CCOCC2)N=P(N2CCOCC2)(N2CCOCC2)N2CCOCC2)(N2CCOCC2)N2CCOCC2)CCO1. The topological polar surface area (TPSA) is 199 Å². The van der Waals surface area contributed by atoms with Gasteiger partial charge in [-0.25, -0.2) is 0 Å². The van der Waals surface area contributed by atoms with Gasteiger partial charge in [0.1, 0.15) is 0 Å². The molecule has 12 rings (SSSR count). The van der Waals surface area contributed by atoms with Gasteiger partial charge in [0.05, 0.1) is 0 Å². The first kappa shape index (κ1) is 61.6. The zero-order valence-electron chi connectivity index (χ0n) is 48.3. The van der Waals surface area contributed by atoms with Crippen molar-refractivity contribution in [3.05, 3.63) is 0 Å². The predicted molar refractivity (Wildman–Crippen MR) is 314 cm³/mol. The molecule has 12 heterocycles. The van der Waals surface area contributed by atoms with Gasteiger partial charge >= 0.3 is 484 Å². The Labute approximate surface area is 482 Å². The number of hydrogen-bond acceptors (Lipinski definition) is 16. The van der Waals surface area contributed by atoms with E-state index in [0.29, 0.717) is 159 Å². The fraction of sp³-hybridized carbons (Fsp3) is 1.00. The van der Waals surface area contributed by atoms with E-state index in [1.54, 1.807) is 0 Å². The fourth-order valence-electron chi connectivity index (χ4n) is 13.6. The summed E-state index contributed by atoms with van der Waals surface area (Å²) in [6.07, 6.45) is 0. The molecule has 0 aromatic rings. The van der Waals surface area contributed by atoms with Gasteiger partial charge in [-0.05, 0) is 0 Å². The first-order valence-corrected chi connectivity index (χ1v) is 38.8. The van der Waals surface area contributed by atoms with Gasteiger partial charge in [-0.15, -0.1) is 0 Å². The van der Waals surface area contributed by atoms with Crippen molar-refractivity contribution in [2.75, 3.05) is 316 Å². The number of nitrogens with zero attached hydrogens (tertiary/aromatic N) is 16. The molecule has 12 aliphatic rings. The van der Waals surface area contributed by atoms with Crippen LogP contribution in [0, 0.1) is 0 Å². The molecule has 0 atom stereocenters. The molecule has 466 valence electrons. The van der Waals surface area contributed by atoms with E-state index in [2.05, 4.69) is 56.0 Å². The Morgan fingerprint density at radius 3 is 0.333 bits per heavy atom. The second-order valence-electron chi connectivity index (χ2n) is 21.9. The summed E-state index contributed by atoms with van der Waals surface area (Å²) in [5, 5.41) is 0. The van der Waals surface area contributed by atoms with Gasteiger partial charge in [-0.3, -0.25) is 0 Å². The van der Waals surface area contributed by atoms with E-state index in [9.17, 15) is 0 Å². The van der Waals surface area contributed by atoms with E-state index in [4.69, 9.17) is 74.9 Å². The molecule has 0 radical (unpaired) electrons. The first-order valence-electron chi connectivity index (χ1n) is 30.6. The summed E-state index contributed by atoms with van der Waals surface area (Å²) in [7, 11) is -17.2. The third-order valence-corrected chi connectivity index (χ3v) is 40.0. The van der Waals surface area contributed by atoms with Crippen molar-refractivity contribution in [1.82, 2.24) is 56.0 Å². The zero-order valence-corrected chi connectivity index (χ0v) is 52.9. The van der Waals surface area contributed by atoms with Gasteiger partial charge in [0.2, 0.25) is 0 Å². The van der Waals surface area contributed by atoms with E-state index in [-0.39, 0.29) is 0 Å². The summed E-state index contributed by atoms with van der Waals surface area (Å²) in [6, 6.07) is 0. The molecule has 81 heavy (non-hydrogen) atoms. The van der Waals surface area contributed by atoms with Gasteiger partial charge in [0.15, 0.2) is 0 Å². The Morgan fingerprint density at radius 2 is 0.247 bits per heavy atom. The molecule has 0 amide bonds. The van der Waals surface area contributed by atoms with Crippen molar-refractivity contribution < 1.29 is 56.8 Å². The molecule has 0 spiro atoms. The second kappa shape index (κ2) is 29.8. The van der Waals surface area contributed by atoms with E-state index < -0.39 is 37.9 Å². The molecule has 0 aromatic carbocycles. The molecule has 0 aromatic heterocycles. The standard InChI is InChI=1S/C48H97N16O12P5/c1-25-65-26-2-53(1)78(54-3-27-66-28-4-54,55-5-29-67-30-6-55)49-77(50-79(56-7-31-68-32-8-56,57-9-33-69-34-10-57)58-11-35-70-36-12-58,51-80(59-13-37-71-38-14-59,60-15-39-72-40-16-60)61-17-41-73-42-18-61)52-81(62-19-43-74-44-20-62,63-21-45-75-46-22-63)64-23-47-76-48-24-64/h77H,1-48H2. The Kier molecular flexibility index (Phi) is 22.7. The van der Waals surface area contributed by atoms with Crippen LogP contribution in [0.3, 0.4) is 0 Å². The summed E-state index contributed by atoms with van der Waals surface area (Å²) >= 11 is 0. The summed E-state index contributed by atoms with van der Waals surface area (Å²) in [6.45, 7) is 31.9. The van der Waals surface area contributed by atoms with Crippen LogP contribution in [0.2, 0.25) is 0 Å². The van der Waals surface area contributed by atoms with Gasteiger partial charge in [0.25, 0.3) is 0 Å². The number of morpholine rings is 12. The van der Waals surface area contributed by atoms with Crippen LogP contribution in [0.15, 0.2) is 18.1 Å². The van der Waals surface area contributed by atoms with Crippen LogP contribution in [-0.4, -0.2) is 372 Å². The average molecular weight is 1250 g/mol. The minimum absolute atomic E-state index is 0.608. The maximum absolute atomic E-state index is 7.34. The van der Waals surface area contributed by atoms with Gasteiger partial charge < -0.3 is 0 Å². The Hall–Kier alpha value is 0.390. The third-order valence-electron chi connectivity index (χ3n) is 17.5. The predicted octanol–water partition coefficient (Wildman–Crippen LogP) is 2.17. The van der Waals surface area contributed by atoms with E-state index in [0.717, 1.165) is 157 Å². The molecule has 28 nitrogen and oxygen atoms in total. The molecule has 33 heteroatoms. The second-order valence-corrected chi connectivity index (χ2v) is 37.4. The van der Waals surface area contributed by atoms with Crippen molar-refractivity contribution in [3.8, 4) is 0 Å². The summed E-state index contributed by atoms with van der Waals surface area (Å²) < 4.78 is 139. The van der Waals surface area contributed by atoms with Gasteiger partial charge in [-0.2, -0.15) is 0 Å². The molecule has 12 fully saturated rings. The first-order chi connectivity index (χ1) is 40.1. The van der Waals surface area contributed by atoms with Crippen LogP contribution >= 0.6 is 37.9 Å². The third kappa shape index (κ3) is 13.3. The van der Waals surface area contributed by atoms with Crippen LogP contribution in [0.1, 0.15) is 0 Å². The maximum atomic E-state index is 7.34. The number of hydrogen-bond donors (Lipinski definition) is 0. The van der Waals surface area contributed by atoms with Crippen LogP contribution in [0.5, 0.6) is 0 Å². The zero-order chi connectivity index (χ0) is 54.7. The Morgan fingerprint density at radius 1 is 0.160 bits per heavy atom.